The van der Waals surface area contributed by atoms with Crippen LogP contribution < -0.4 is 9.80 Å². The first-order valence-corrected chi connectivity index (χ1v) is 10.3. The Morgan fingerprint density at radius 2 is 1.73 bits per heavy atom. The Morgan fingerprint density at radius 3 is 2.38 bits per heavy atom. The highest BCUT2D eigenvalue weighted by molar-refractivity contribution is 5.51. The molecule has 0 amide bonds. The van der Waals surface area contributed by atoms with Gasteiger partial charge in [-0.05, 0) is 44.9 Å². The second kappa shape index (κ2) is 8.09. The number of anilines is 2. The second-order valence-electron chi connectivity index (χ2n) is 8.29. The van der Waals surface area contributed by atoms with E-state index in [0.717, 1.165) is 24.8 Å². The van der Waals surface area contributed by atoms with Gasteiger partial charge in [0.25, 0.3) is 0 Å². The van der Waals surface area contributed by atoms with Crippen molar-refractivity contribution in [2.24, 2.45) is 0 Å². The van der Waals surface area contributed by atoms with E-state index in [4.69, 9.17) is 4.74 Å². The van der Waals surface area contributed by atoms with Gasteiger partial charge in [0.15, 0.2) is 0 Å². The van der Waals surface area contributed by atoms with Gasteiger partial charge in [0, 0.05) is 58.5 Å². The average molecular weight is 360 g/mol. The predicted octanol–water partition coefficient (Wildman–Crippen LogP) is 2.54. The van der Waals surface area contributed by atoms with Crippen LogP contribution in [-0.4, -0.2) is 73.4 Å². The molecule has 0 N–H and O–H groups in total. The van der Waals surface area contributed by atoms with Crippen molar-refractivity contribution < 1.29 is 4.74 Å². The second-order valence-corrected chi connectivity index (χ2v) is 8.29. The van der Waals surface area contributed by atoms with Crippen LogP contribution >= 0.6 is 0 Å². The summed E-state index contributed by atoms with van der Waals surface area (Å²) in [6.07, 6.45) is 11.0. The molecular formula is C20H33N5O. The fraction of sp³-hybridized carbons (Fsp3) is 0.800. The molecule has 1 aliphatic carbocycles. The van der Waals surface area contributed by atoms with Crippen LogP contribution in [0.25, 0.3) is 0 Å². The van der Waals surface area contributed by atoms with Crippen LogP contribution in [0.2, 0.25) is 0 Å². The van der Waals surface area contributed by atoms with Gasteiger partial charge in [0.05, 0.1) is 6.10 Å². The minimum absolute atomic E-state index is 0.462. The summed E-state index contributed by atoms with van der Waals surface area (Å²) in [5, 5.41) is 0. The van der Waals surface area contributed by atoms with Crippen molar-refractivity contribution >= 4 is 11.6 Å². The SMILES string of the molecule is CN(C)c1cc(N(C2CC2)C2CCN(CC3CCCCO3)CC2)ncn1. The molecule has 3 heterocycles. The fourth-order valence-electron chi connectivity index (χ4n) is 4.37. The summed E-state index contributed by atoms with van der Waals surface area (Å²) in [4.78, 5) is 16.3. The number of hydrogen-bond donors (Lipinski definition) is 0. The molecule has 2 aliphatic heterocycles. The third-order valence-corrected chi connectivity index (χ3v) is 5.99. The van der Waals surface area contributed by atoms with Crippen molar-refractivity contribution in [3.8, 4) is 0 Å². The maximum absolute atomic E-state index is 5.93. The van der Waals surface area contributed by atoms with Crippen molar-refractivity contribution in [1.29, 1.82) is 0 Å². The molecule has 0 bridgehead atoms. The van der Waals surface area contributed by atoms with Gasteiger partial charge < -0.3 is 19.4 Å². The standard InChI is InChI=1S/C20H33N5O/c1-23(2)19-13-20(22-15-21-19)25(16-6-7-16)17-8-10-24(11-9-17)14-18-5-3-4-12-26-18/h13,15-18H,3-12,14H2,1-2H3. The molecule has 6 heteroatoms. The Labute approximate surface area is 157 Å². The van der Waals surface area contributed by atoms with E-state index in [2.05, 4.69) is 30.7 Å². The Hall–Kier alpha value is -1.40. The number of hydrogen-bond acceptors (Lipinski definition) is 6. The van der Waals surface area contributed by atoms with Crippen LogP contribution in [0.15, 0.2) is 12.4 Å². The average Bonchev–Trinajstić information content (AvgIpc) is 3.49. The van der Waals surface area contributed by atoms with Gasteiger partial charge in [-0.2, -0.15) is 0 Å². The van der Waals surface area contributed by atoms with Crippen LogP contribution in [-0.2, 0) is 4.74 Å². The van der Waals surface area contributed by atoms with E-state index in [0.29, 0.717) is 18.2 Å². The summed E-state index contributed by atoms with van der Waals surface area (Å²) in [6.45, 7) is 4.44. The highest BCUT2D eigenvalue weighted by Crippen LogP contribution is 2.36. The zero-order valence-corrected chi connectivity index (χ0v) is 16.3. The Kier molecular flexibility index (Phi) is 5.60. The van der Waals surface area contributed by atoms with Gasteiger partial charge in [-0.15, -0.1) is 0 Å². The summed E-state index contributed by atoms with van der Waals surface area (Å²) < 4.78 is 5.93. The first-order valence-electron chi connectivity index (χ1n) is 10.3. The molecule has 1 atom stereocenters. The van der Waals surface area contributed by atoms with Crippen LogP contribution in [0.1, 0.15) is 44.9 Å². The van der Waals surface area contributed by atoms with Crippen molar-refractivity contribution in [3.05, 3.63) is 12.4 Å². The lowest BCUT2D eigenvalue weighted by Gasteiger charge is -2.40. The summed E-state index contributed by atoms with van der Waals surface area (Å²) in [6, 6.07) is 3.44. The molecule has 4 rings (SSSR count). The Balaban J connectivity index is 1.37. The van der Waals surface area contributed by atoms with E-state index in [9.17, 15) is 0 Å². The van der Waals surface area contributed by atoms with E-state index in [1.54, 1.807) is 6.33 Å². The summed E-state index contributed by atoms with van der Waals surface area (Å²) in [7, 11) is 4.08. The van der Waals surface area contributed by atoms with E-state index in [1.165, 1.54) is 58.0 Å². The zero-order chi connectivity index (χ0) is 17.9. The summed E-state index contributed by atoms with van der Waals surface area (Å²) in [5.41, 5.74) is 0. The van der Waals surface area contributed by atoms with Crippen LogP contribution in [0.4, 0.5) is 11.6 Å². The molecular weight excluding hydrogens is 326 g/mol. The lowest BCUT2D eigenvalue weighted by Crippen LogP contribution is -2.48. The summed E-state index contributed by atoms with van der Waals surface area (Å²) in [5.74, 6) is 2.10. The quantitative estimate of drug-likeness (QED) is 0.778. The zero-order valence-electron chi connectivity index (χ0n) is 16.3. The Bertz CT molecular complexity index is 577. The van der Waals surface area contributed by atoms with Gasteiger partial charge in [0.1, 0.15) is 18.0 Å². The van der Waals surface area contributed by atoms with Gasteiger partial charge >= 0.3 is 0 Å². The highest BCUT2D eigenvalue weighted by Gasteiger charge is 2.37. The monoisotopic (exact) mass is 359 g/mol. The largest absolute Gasteiger partial charge is 0.377 e. The molecule has 26 heavy (non-hydrogen) atoms. The third kappa shape index (κ3) is 4.29. The molecule has 0 aromatic carbocycles. The normalized spacial score (nSPS) is 25.2. The number of rotatable bonds is 6. The first-order chi connectivity index (χ1) is 12.7. The highest BCUT2D eigenvalue weighted by atomic mass is 16.5. The maximum Gasteiger partial charge on any atom is 0.134 e. The van der Waals surface area contributed by atoms with Gasteiger partial charge in [-0.3, -0.25) is 0 Å². The molecule has 1 saturated carbocycles. The minimum atomic E-state index is 0.462. The fourth-order valence-corrected chi connectivity index (χ4v) is 4.37. The number of aromatic nitrogens is 2. The lowest BCUT2D eigenvalue weighted by atomic mass is 10.0. The molecule has 1 aromatic heterocycles. The predicted molar refractivity (Wildman–Crippen MR) is 105 cm³/mol. The number of piperidine rings is 1. The van der Waals surface area contributed by atoms with Gasteiger partial charge in [-0.25, -0.2) is 9.97 Å². The molecule has 0 spiro atoms. The Morgan fingerprint density at radius 1 is 1.00 bits per heavy atom. The smallest absolute Gasteiger partial charge is 0.134 e. The molecule has 2 saturated heterocycles. The first kappa shape index (κ1) is 18.0. The van der Waals surface area contributed by atoms with Crippen molar-refractivity contribution in [3.63, 3.8) is 0 Å². The molecule has 0 radical (unpaired) electrons. The topological polar surface area (TPSA) is 44.7 Å². The third-order valence-electron chi connectivity index (χ3n) is 5.99. The number of ether oxygens (including phenoxy) is 1. The van der Waals surface area contributed by atoms with Crippen molar-refractivity contribution in [2.75, 3.05) is 50.1 Å². The van der Waals surface area contributed by atoms with Crippen LogP contribution in [0, 0.1) is 0 Å². The molecule has 1 unspecified atom stereocenters. The molecule has 6 nitrogen and oxygen atoms in total. The summed E-state index contributed by atoms with van der Waals surface area (Å²) >= 11 is 0. The van der Waals surface area contributed by atoms with E-state index < -0.39 is 0 Å². The van der Waals surface area contributed by atoms with Crippen molar-refractivity contribution in [1.82, 2.24) is 14.9 Å². The van der Waals surface area contributed by atoms with Crippen molar-refractivity contribution in [2.45, 2.75) is 63.1 Å². The van der Waals surface area contributed by atoms with E-state index in [1.807, 2.05) is 14.1 Å². The van der Waals surface area contributed by atoms with Gasteiger partial charge in [-0.1, -0.05) is 0 Å². The van der Waals surface area contributed by atoms with Crippen LogP contribution in [0.5, 0.6) is 0 Å². The molecule has 144 valence electrons. The number of nitrogens with zero attached hydrogens (tertiary/aromatic N) is 5. The molecule has 3 aliphatic rings. The number of likely N-dealkylation sites (tertiary alicyclic amines) is 1. The van der Waals surface area contributed by atoms with E-state index >= 15 is 0 Å². The molecule has 3 fully saturated rings. The minimum Gasteiger partial charge on any atom is -0.377 e. The van der Waals surface area contributed by atoms with Crippen LogP contribution in [0.3, 0.4) is 0 Å². The lowest BCUT2D eigenvalue weighted by molar-refractivity contribution is -0.00953. The maximum atomic E-state index is 5.93. The molecule has 1 aromatic rings. The van der Waals surface area contributed by atoms with E-state index in [-0.39, 0.29) is 0 Å². The van der Waals surface area contributed by atoms with Gasteiger partial charge in [0.2, 0.25) is 0 Å².